The molecule has 1 aliphatic heterocycles. The summed E-state index contributed by atoms with van der Waals surface area (Å²) in [6.07, 6.45) is 7.74. The fourth-order valence-corrected chi connectivity index (χ4v) is 1.41. The molecule has 1 rings (SSSR count). The molecule has 0 aromatic heterocycles. The average molecular weight is 209 g/mol. The Hall–Kier alpha value is -1.49. The van der Waals surface area contributed by atoms with Crippen LogP contribution in [0.5, 0.6) is 0 Å². The van der Waals surface area contributed by atoms with Crippen LogP contribution in [0.25, 0.3) is 0 Å². The Morgan fingerprint density at radius 2 is 2.20 bits per heavy atom. The fraction of sp³-hybridized carbons (Fsp3) is 0.500. The first-order valence-electron chi connectivity index (χ1n) is 4.88. The van der Waals surface area contributed by atoms with Crippen molar-refractivity contribution in [2.24, 2.45) is 10.8 Å². The third-order valence-corrected chi connectivity index (χ3v) is 2.29. The lowest BCUT2D eigenvalue weighted by Crippen LogP contribution is -2.46. The number of carbonyl (C=O) groups is 2. The Kier molecular flexibility index (Phi) is 3.74. The first-order valence-corrected chi connectivity index (χ1v) is 4.88. The van der Waals surface area contributed by atoms with E-state index >= 15 is 0 Å². The van der Waals surface area contributed by atoms with E-state index < -0.39 is 6.03 Å². The van der Waals surface area contributed by atoms with Crippen LogP contribution in [0.3, 0.4) is 0 Å². The minimum absolute atomic E-state index is 0.160. The van der Waals surface area contributed by atoms with Crippen molar-refractivity contribution < 1.29 is 14.2 Å². The highest BCUT2D eigenvalue weighted by Crippen LogP contribution is 2.15. The van der Waals surface area contributed by atoms with E-state index in [2.05, 4.69) is 11.2 Å². The van der Waals surface area contributed by atoms with Crippen LogP contribution in [-0.2, 0) is 4.79 Å². The van der Waals surface area contributed by atoms with Gasteiger partial charge in [-0.3, -0.25) is 0 Å². The highest BCUT2D eigenvalue weighted by atomic mass is 16.2. The molecule has 0 aromatic carbocycles. The molecule has 2 N–H and O–H groups in total. The molecule has 0 saturated heterocycles. The molecular weight excluding hydrogens is 194 g/mol. The lowest BCUT2D eigenvalue weighted by Gasteiger charge is -2.19. The van der Waals surface area contributed by atoms with Crippen LogP contribution in [-0.4, -0.2) is 29.2 Å². The van der Waals surface area contributed by atoms with E-state index in [4.69, 9.17) is 5.73 Å². The van der Waals surface area contributed by atoms with E-state index in [1.165, 1.54) is 12.4 Å². The van der Waals surface area contributed by atoms with Crippen molar-refractivity contribution in [2.45, 2.75) is 26.2 Å². The number of rotatable bonds is 5. The maximum Gasteiger partial charge on any atom is 0.445 e. The molecule has 1 unspecified atom stereocenters. The van der Waals surface area contributed by atoms with Gasteiger partial charge >= 0.3 is 6.03 Å². The van der Waals surface area contributed by atoms with Crippen LogP contribution in [0.4, 0.5) is 4.79 Å². The zero-order chi connectivity index (χ0) is 11.3. The second-order valence-electron chi connectivity index (χ2n) is 3.59. The molecule has 0 aromatic rings. The number of nitrogens with two attached hydrogens (primary N) is 1. The summed E-state index contributed by atoms with van der Waals surface area (Å²) in [5.41, 5.74) is 5.26. The number of quaternary nitrogens is 1. The van der Waals surface area contributed by atoms with Crippen molar-refractivity contribution in [2.75, 3.05) is 6.54 Å². The van der Waals surface area contributed by atoms with Crippen LogP contribution in [0.2, 0.25) is 0 Å². The Balaban J connectivity index is 2.41. The molecule has 1 aliphatic rings. The first kappa shape index (κ1) is 11.6. The standard InChI is InChI=1S/C10H14N3O2/c1-9(14)5-2-3-7-13(10(11)15)8-4-6-12-13/h6,8H,2-3,5,7H2,1H3,(H-,11,15)/p+1. The maximum atomic E-state index is 11.2. The first-order chi connectivity index (χ1) is 7.07. The smallest absolute Gasteiger partial charge is 0.316 e. The van der Waals surface area contributed by atoms with Gasteiger partial charge < -0.3 is 10.5 Å². The lowest BCUT2D eigenvalue weighted by molar-refractivity contribution is -0.801. The molecular formula is C10H15N3O2+. The van der Waals surface area contributed by atoms with Crippen molar-refractivity contribution in [3.63, 3.8) is 0 Å². The van der Waals surface area contributed by atoms with Gasteiger partial charge in [-0.05, 0) is 13.3 Å². The Morgan fingerprint density at radius 1 is 1.47 bits per heavy atom. The van der Waals surface area contributed by atoms with Gasteiger partial charge in [-0.25, -0.2) is 4.79 Å². The van der Waals surface area contributed by atoms with Gasteiger partial charge in [0.25, 0.3) is 0 Å². The number of carbonyl (C=O) groups excluding carboxylic acids is 2. The third-order valence-electron chi connectivity index (χ3n) is 2.29. The predicted octanol–water partition coefficient (Wildman–Crippen LogP) is 0.957. The number of ketones is 1. The number of hydrogen-bond acceptors (Lipinski definition) is 3. The summed E-state index contributed by atoms with van der Waals surface area (Å²) in [7, 11) is 0. The van der Waals surface area contributed by atoms with Gasteiger partial charge in [-0.2, -0.15) is 0 Å². The van der Waals surface area contributed by atoms with E-state index in [9.17, 15) is 9.59 Å². The molecule has 5 heteroatoms. The van der Waals surface area contributed by atoms with E-state index in [0.29, 0.717) is 13.0 Å². The zero-order valence-corrected chi connectivity index (χ0v) is 8.77. The second kappa shape index (κ2) is 4.84. The van der Waals surface area contributed by atoms with Crippen molar-refractivity contribution in [3.8, 4) is 0 Å². The summed E-state index contributed by atoms with van der Waals surface area (Å²) in [6, 6.07) is -0.515. The fourth-order valence-electron chi connectivity index (χ4n) is 1.41. The van der Waals surface area contributed by atoms with E-state index in [0.717, 1.165) is 12.8 Å². The molecule has 1 heterocycles. The van der Waals surface area contributed by atoms with Crippen LogP contribution in [0.1, 0.15) is 26.2 Å². The van der Waals surface area contributed by atoms with Gasteiger partial charge in [0.05, 0.1) is 12.3 Å². The van der Waals surface area contributed by atoms with Gasteiger partial charge in [0.1, 0.15) is 18.5 Å². The van der Waals surface area contributed by atoms with Gasteiger partial charge in [0.2, 0.25) is 0 Å². The monoisotopic (exact) mass is 209 g/mol. The number of allylic oxidation sites excluding steroid dienone is 1. The molecule has 5 nitrogen and oxygen atoms in total. The van der Waals surface area contributed by atoms with Crippen LogP contribution < -0.4 is 5.73 Å². The van der Waals surface area contributed by atoms with Crippen LogP contribution in [0, 0.1) is 6.08 Å². The Morgan fingerprint density at radius 3 is 2.67 bits per heavy atom. The molecule has 2 amide bonds. The van der Waals surface area contributed by atoms with E-state index in [1.54, 1.807) is 6.92 Å². The van der Waals surface area contributed by atoms with Crippen LogP contribution in [0.15, 0.2) is 11.3 Å². The van der Waals surface area contributed by atoms with E-state index in [1.807, 2.05) is 0 Å². The lowest BCUT2D eigenvalue weighted by atomic mass is 10.2. The summed E-state index contributed by atoms with van der Waals surface area (Å²) in [5, 5.41) is 3.97. The van der Waals surface area contributed by atoms with Crippen molar-refractivity contribution in [3.05, 3.63) is 12.3 Å². The number of hydrogen-bond donors (Lipinski definition) is 1. The molecule has 15 heavy (non-hydrogen) atoms. The summed E-state index contributed by atoms with van der Waals surface area (Å²) >= 11 is 0. The number of Topliss-reactive ketones (excluding diaryl/α,β-unsaturated/α-hetero) is 1. The van der Waals surface area contributed by atoms with Gasteiger partial charge in [-0.15, -0.1) is 0 Å². The number of unbranched alkanes of at least 4 members (excludes halogenated alkanes) is 1. The van der Waals surface area contributed by atoms with Crippen LogP contribution >= 0.6 is 0 Å². The average Bonchev–Trinajstić information content (AvgIpc) is 2.62. The molecule has 0 fully saturated rings. The highest BCUT2D eigenvalue weighted by molar-refractivity contribution is 5.75. The molecule has 0 aliphatic carbocycles. The largest absolute Gasteiger partial charge is 0.445 e. The zero-order valence-electron chi connectivity index (χ0n) is 8.77. The van der Waals surface area contributed by atoms with Gasteiger partial charge in [-0.1, -0.05) is 9.69 Å². The minimum Gasteiger partial charge on any atom is -0.316 e. The Labute approximate surface area is 88.8 Å². The van der Waals surface area contributed by atoms with Crippen molar-refractivity contribution in [1.82, 2.24) is 0 Å². The number of urea groups is 1. The molecule has 0 saturated carbocycles. The summed E-state index contributed by atoms with van der Waals surface area (Å²) in [4.78, 5) is 21.9. The third kappa shape index (κ3) is 2.99. The Bertz CT molecular complexity index is 309. The molecule has 1 radical (unpaired) electrons. The topological polar surface area (TPSA) is 72.5 Å². The maximum absolute atomic E-state index is 11.2. The molecule has 1 atom stereocenters. The molecule has 0 spiro atoms. The predicted molar refractivity (Wildman–Crippen MR) is 55.5 cm³/mol. The second-order valence-corrected chi connectivity index (χ2v) is 3.59. The normalized spacial score (nSPS) is 23.3. The summed E-state index contributed by atoms with van der Waals surface area (Å²) in [6.45, 7) is 2.05. The summed E-state index contributed by atoms with van der Waals surface area (Å²) in [5.74, 6) is 0.160. The SMILES string of the molecule is CC(=O)CCCC[N+]1(C(N)=O)C=[C]C=N1. The summed E-state index contributed by atoms with van der Waals surface area (Å²) < 4.78 is -0.224. The number of nitrogens with zero attached hydrogens (tertiary/aromatic N) is 2. The van der Waals surface area contributed by atoms with E-state index in [-0.39, 0.29) is 10.4 Å². The van der Waals surface area contributed by atoms with Crippen molar-refractivity contribution in [1.29, 1.82) is 0 Å². The highest BCUT2D eigenvalue weighted by Gasteiger charge is 2.34. The number of primary amides is 1. The van der Waals surface area contributed by atoms with Gasteiger partial charge in [0.15, 0.2) is 0 Å². The molecule has 0 bridgehead atoms. The van der Waals surface area contributed by atoms with Crippen molar-refractivity contribution >= 4 is 18.0 Å². The quantitative estimate of drug-likeness (QED) is 0.541. The minimum atomic E-state index is -0.515. The molecule has 81 valence electrons. The van der Waals surface area contributed by atoms with Gasteiger partial charge in [0, 0.05) is 12.8 Å². The number of amides is 2.